The molecule has 1 N–H and O–H groups in total. The summed E-state index contributed by atoms with van der Waals surface area (Å²) in [5.41, 5.74) is 1.31. The Morgan fingerprint density at radius 3 is 2.32 bits per heavy atom. The molecule has 1 amide bonds. The minimum Gasteiger partial charge on any atom is -0.369 e. The van der Waals surface area contributed by atoms with Crippen molar-refractivity contribution in [1.82, 2.24) is 10.2 Å². The molecule has 4 heteroatoms. The molecule has 1 aromatic carbocycles. The molecule has 0 aliphatic carbocycles. The van der Waals surface area contributed by atoms with E-state index in [1.807, 2.05) is 0 Å². The topological polar surface area (TPSA) is 35.6 Å². The highest BCUT2D eigenvalue weighted by molar-refractivity contribution is 5.78. The number of hydrogen-bond donors (Lipinski definition) is 1. The molecule has 1 aliphatic heterocycles. The van der Waals surface area contributed by atoms with Crippen LogP contribution in [-0.2, 0) is 4.79 Å². The van der Waals surface area contributed by atoms with Crippen LogP contribution in [0.3, 0.4) is 0 Å². The van der Waals surface area contributed by atoms with Crippen molar-refractivity contribution in [3.05, 3.63) is 30.3 Å². The maximum atomic E-state index is 11.9. The summed E-state index contributed by atoms with van der Waals surface area (Å²) < 4.78 is 0. The summed E-state index contributed by atoms with van der Waals surface area (Å²) in [4.78, 5) is 16.8. The zero-order valence-corrected chi connectivity index (χ0v) is 13.9. The van der Waals surface area contributed by atoms with Crippen molar-refractivity contribution in [2.45, 2.75) is 26.7 Å². The molecule has 2 rings (SSSR count). The van der Waals surface area contributed by atoms with Gasteiger partial charge in [-0.05, 0) is 25.0 Å². The quantitative estimate of drug-likeness (QED) is 0.840. The van der Waals surface area contributed by atoms with Gasteiger partial charge in [-0.2, -0.15) is 0 Å². The van der Waals surface area contributed by atoms with Gasteiger partial charge in [0.1, 0.15) is 0 Å². The molecule has 1 aromatic rings. The molecule has 122 valence electrons. The van der Waals surface area contributed by atoms with Crippen LogP contribution in [-0.4, -0.2) is 50.1 Å². The van der Waals surface area contributed by atoms with E-state index in [1.54, 1.807) is 0 Å². The summed E-state index contributed by atoms with van der Waals surface area (Å²) in [5, 5.41) is 3.08. The maximum Gasteiger partial charge on any atom is 0.223 e. The Hall–Kier alpha value is -1.55. The molecule has 1 fully saturated rings. The van der Waals surface area contributed by atoms with Gasteiger partial charge < -0.3 is 10.2 Å². The third kappa shape index (κ3) is 4.73. The van der Waals surface area contributed by atoms with Crippen molar-refractivity contribution < 1.29 is 4.79 Å². The van der Waals surface area contributed by atoms with Crippen LogP contribution in [0.25, 0.3) is 0 Å². The number of rotatable bonds is 7. The Bertz CT molecular complexity index is 437. The van der Waals surface area contributed by atoms with Crippen LogP contribution in [0.2, 0.25) is 0 Å². The molecular weight excluding hydrogens is 274 g/mol. The third-order valence-electron chi connectivity index (χ3n) is 4.58. The number of anilines is 1. The van der Waals surface area contributed by atoms with Gasteiger partial charge in [0, 0.05) is 50.9 Å². The number of nitrogens with zero attached hydrogens (tertiary/aromatic N) is 2. The Labute approximate surface area is 134 Å². The number of nitrogens with one attached hydrogen (secondary N) is 1. The van der Waals surface area contributed by atoms with E-state index in [2.05, 4.69) is 59.3 Å². The highest BCUT2D eigenvalue weighted by atomic mass is 16.1. The number of carbonyl (C=O) groups is 1. The molecule has 1 aliphatic rings. The van der Waals surface area contributed by atoms with Crippen LogP contribution in [0.4, 0.5) is 5.69 Å². The van der Waals surface area contributed by atoms with Gasteiger partial charge in [0.25, 0.3) is 0 Å². The molecule has 1 saturated heterocycles. The molecule has 0 atom stereocenters. The first-order chi connectivity index (χ1) is 10.7. The van der Waals surface area contributed by atoms with Crippen molar-refractivity contribution >= 4 is 11.6 Å². The van der Waals surface area contributed by atoms with Crippen LogP contribution < -0.4 is 10.2 Å². The summed E-state index contributed by atoms with van der Waals surface area (Å²) in [6, 6.07) is 10.6. The van der Waals surface area contributed by atoms with Crippen LogP contribution in [0.15, 0.2) is 30.3 Å². The van der Waals surface area contributed by atoms with E-state index in [0.29, 0.717) is 0 Å². The van der Waals surface area contributed by atoms with Gasteiger partial charge >= 0.3 is 0 Å². The molecule has 0 radical (unpaired) electrons. The molecule has 4 nitrogen and oxygen atoms in total. The zero-order valence-electron chi connectivity index (χ0n) is 13.9. The van der Waals surface area contributed by atoms with Crippen molar-refractivity contribution in [3.8, 4) is 0 Å². The SMILES string of the molecule is CCC(CC)C(=O)NCCN1CCN(c2ccccc2)CC1. The van der Waals surface area contributed by atoms with Crippen LogP contribution in [0.1, 0.15) is 26.7 Å². The minimum absolute atomic E-state index is 0.176. The van der Waals surface area contributed by atoms with Gasteiger partial charge in [-0.25, -0.2) is 0 Å². The predicted octanol–water partition coefficient (Wildman–Crippen LogP) is 2.36. The molecular formula is C18H29N3O. The maximum absolute atomic E-state index is 11.9. The smallest absolute Gasteiger partial charge is 0.223 e. The lowest BCUT2D eigenvalue weighted by Crippen LogP contribution is -2.48. The first-order valence-corrected chi connectivity index (χ1v) is 8.54. The van der Waals surface area contributed by atoms with Crippen molar-refractivity contribution in [2.24, 2.45) is 5.92 Å². The number of para-hydroxylation sites is 1. The van der Waals surface area contributed by atoms with E-state index in [4.69, 9.17) is 0 Å². The van der Waals surface area contributed by atoms with E-state index in [1.165, 1.54) is 5.69 Å². The number of amides is 1. The summed E-state index contributed by atoms with van der Waals surface area (Å²) in [5.74, 6) is 0.392. The van der Waals surface area contributed by atoms with Gasteiger partial charge in [0.05, 0.1) is 0 Å². The Morgan fingerprint density at radius 2 is 1.73 bits per heavy atom. The number of carbonyl (C=O) groups excluding carboxylic acids is 1. The molecule has 22 heavy (non-hydrogen) atoms. The summed E-state index contributed by atoms with van der Waals surface area (Å²) in [7, 11) is 0. The molecule has 0 bridgehead atoms. The van der Waals surface area contributed by atoms with Gasteiger partial charge in [-0.3, -0.25) is 9.69 Å². The summed E-state index contributed by atoms with van der Waals surface area (Å²) in [6.07, 6.45) is 1.86. The van der Waals surface area contributed by atoms with Gasteiger partial charge in [0.15, 0.2) is 0 Å². The van der Waals surface area contributed by atoms with E-state index < -0.39 is 0 Å². The molecule has 0 spiro atoms. The standard InChI is InChI=1S/C18H29N3O/c1-3-16(4-2)18(22)19-10-11-20-12-14-21(15-13-20)17-8-6-5-7-9-17/h5-9,16H,3-4,10-15H2,1-2H3,(H,19,22). The monoisotopic (exact) mass is 303 g/mol. The largest absolute Gasteiger partial charge is 0.369 e. The van der Waals surface area contributed by atoms with E-state index >= 15 is 0 Å². The first-order valence-electron chi connectivity index (χ1n) is 8.54. The fourth-order valence-corrected chi connectivity index (χ4v) is 3.01. The Morgan fingerprint density at radius 1 is 1.09 bits per heavy atom. The third-order valence-corrected chi connectivity index (χ3v) is 4.58. The fraction of sp³-hybridized carbons (Fsp3) is 0.611. The van der Waals surface area contributed by atoms with Crippen LogP contribution >= 0.6 is 0 Å². The second kappa shape index (κ2) is 8.79. The van der Waals surface area contributed by atoms with Gasteiger partial charge in [-0.15, -0.1) is 0 Å². The first kappa shape index (κ1) is 16.8. The van der Waals surface area contributed by atoms with Crippen molar-refractivity contribution in [3.63, 3.8) is 0 Å². The average Bonchev–Trinajstić information content (AvgIpc) is 2.57. The molecule has 1 heterocycles. The van der Waals surface area contributed by atoms with Crippen molar-refractivity contribution in [1.29, 1.82) is 0 Å². The van der Waals surface area contributed by atoms with Crippen LogP contribution in [0, 0.1) is 5.92 Å². The van der Waals surface area contributed by atoms with E-state index in [9.17, 15) is 4.79 Å². The lowest BCUT2D eigenvalue weighted by molar-refractivity contribution is -0.125. The molecule has 0 saturated carbocycles. The Balaban J connectivity index is 1.67. The van der Waals surface area contributed by atoms with E-state index in [0.717, 1.165) is 52.1 Å². The Kier molecular flexibility index (Phi) is 6.72. The van der Waals surface area contributed by atoms with Crippen molar-refractivity contribution in [2.75, 3.05) is 44.2 Å². The fourth-order valence-electron chi connectivity index (χ4n) is 3.01. The average molecular weight is 303 g/mol. The minimum atomic E-state index is 0.176. The second-order valence-corrected chi connectivity index (χ2v) is 5.97. The number of piperazine rings is 1. The van der Waals surface area contributed by atoms with Crippen LogP contribution in [0.5, 0.6) is 0 Å². The highest BCUT2D eigenvalue weighted by Gasteiger charge is 2.18. The second-order valence-electron chi connectivity index (χ2n) is 5.97. The lowest BCUT2D eigenvalue weighted by Gasteiger charge is -2.36. The summed E-state index contributed by atoms with van der Waals surface area (Å²) >= 11 is 0. The molecule has 0 aromatic heterocycles. The highest BCUT2D eigenvalue weighted by Crippen LogP contribution is 2.15. The predicted molar refractivity (Wildman–Crippen MR) is 92.2 cm³/mol. The zero-order chi connectivity index (χ0) is 15.8. The lowest BCUT2D eigenvalue weighted by atomic mass is 10.0. The summed E-state index contributed by atoms with van der Waals surface area (Å²) in [6.45, 7) is 10.1. The number of hydrogen-bond acceptors (Lipinski definition) is 3. The molecule has 0 unspecified atom stereocenters. The van der Waals surface area contributed by atoms with Gasteiger partial charge in [0.2, 0.25) is 5.91 Å². The number of benzene rings is 1. The van der Waals surface area contributed by atoms with Gasteiger partial charge in [-0.1, -0.05) is 32.0 Å². The van der Waals surface area contributed by atoms with E-state index in [-0.39, 0.29) is 11.8 Å². The normalized spacial score (nSPS) is 16.0.